The molecule has 0 aliphatic heterocycles. The maximum absolute atomic E-state index is 12.9. The summed E-state index contributed by atoms with van der Waals surface area (Å²) >= 11 is 1.30. The van der Waals surface area contributed by atoms with Crippen molar-refractivity contribution in [2.24, 2.45) is 0 Å². The molecule has 0 radical (unpaired) electrons. The van der Waals surface area contributed by atoms with E-state index in [9.17, 15) is 14.4 Å². The highest BCUT2D eigenvalue weighted by Gasteiger charge is 2.20. The van der Waals surface area contributed by atoms with Crippen LogP contribution in [-0.2, 0) is 16.1 Å². The summed E-state index contributed by atoms with van der Waals surface area (Å²) in [6, 6.07) is 20.3. The first-order chi connectivity index (χ1) is 15.5. The largest absolute Gasteiger partial charge is 0.462 e. The Labute approximate surface area is 189 Å². The van der Waals surface area contributed by atoms with Gasteiger partial charge < -0.3 is 10.1 Å². The predicted molar refractivity (Wildman–Crippen MR) is 127 cm³/mol. The van der Waals surface area contributed by atoms with E-state index in [0.717, 1.165) is 21.4 Å². The minimum absolute atomic E-state index is 0.166. The number of amides is 1. The third kappa shape index (κ3) is 4.33. The van der Waals surface area contributed by atoms with Crippen molar-refractivity contribution < 1.29 is 14.3 Å². The molecule has 0 fully saturated rings. The van der Waals surface area contributed by atoms with Crippen LogP contribution >= 0.6 is 11.3 Å². The summed E-state index contributed by atoms with van der Waals surface area (Å²) in [6.07, 6.45) is 0. The minimum Gasteiger partial charge on any atom is -0.462 e. The topological polar surface area (TPSA) is 77.4 Å². The number of nitrogens with one attached hydrogen (secondary N) is 1. The number of fused-ring (bicyclic) bond motifs is 1. The van der Waals surface area contributed by atoms with Crippen LogP contribution in [0.5, 0.6) is 0 Å². The van der Waals surface area contributed by atoms with Crippen molar-refractivity contribution in [1.29, 1.82) is 0 Å². The molecule has 32 heavy (non-hydrogen) atoms. The standard InChI is InChI=1S/C25H22N2O4S/c1-3-31-25(30)19-14-21(17-9-5-4-6-10-17)32-24(19)26-22(28)15-27-20-12-8-7-11-18(20)16(2)13-23(27)29/h4-14H,3,15H2,1-2H3,(H,26,28). The number of benzene rings is 2. The van der Waals surface area contributed by atoms with E-state index in [1.165, 1.54) is 22.0 Å². The highest BCUT2D eigenvalue weighted by molar-refractivity contribution is 7.20. The van der Waals surface area contributed by atoms with E-state index in [4.69, 9.17) is 4.74 Å². The van der Waals surface area contributed by atoms with Crippen molar-refractivity contribution in [3.63, 3.8) is 0 Å². The van der Waals surface area contributed by atoms with E-state index in [-0.39, 0.29) is 18.7 Å². The highest BCUT2D eigenvalue weighted by Crippen LogP contribution is 2.36. The third-order valence-corrected chi connectivity index (χ3v) is 6.17. The molecule has 0 aliphatic carbocycles. The normalized spacial score (nSPS) is 10.8. The Morgan fingerprint density at radius 1 is 1.03 bits per heavy atom. The summed E-state index contributed by atoms with van der Waals surface area (Å²) in [5, 5.41) is 4.13. The Morgan fingerprint density at radius 3 is 2.50 bits per heavy atom. The molecule has 1 amide bonds. The van der Waals surface area contributed by atoms with E-state index >= 15 is 0 Å². The Kier molecular flexibility index (Phi) is 6.18. The Morgan fingerprint density at radius 2 is 1.75 bits per heavy atom. The maximum atomic E-state index is 12.9. The van der Waals surface area contributed by atoms with Crippen molar-refractivity contribution in [2.45, 2.75) is 20.4 Å². The van der Waals surface area contributed by atoms with Crippen molar-refractivity contribution in [2.75, 3.05) is 11.9 Å². The van der Waals surface area contributed by atoms with Gasteiger partial charge in [-0.3, -0.25) is 14.2 Å². The van der Waals surface area contributed by atoms with E-state index in [1.54, 1.807) is 13.0 Å². The molecule has 162 valence electrons. The second-order valence-corrected chi connectivity index (χ2v) is 8.31. The number of para-hydroxylation sites is 1. The number of hydrogen-bond donors (Lipinski definition) is 1. The number of ether oxygens (including phenoxy) is 1. The van der Waals surface area contributed by atoms with E-state index in [0.29, 0.717) is 16.1 Å². The van der Waals surface area contributed by atoms with Gasteiger partial charge in [-0.1, -0.05) is 48.5 Å². The van der Waals surface area contributed by atoms with Crippen LogP contribution in [0.3, 0.4) is 0 Å². The van der Waals surface area contributed by atoms with E-state index in [2.05, 4.69) is 5.32 Å². The number of thiophene rings is 1. The van der Waals surface area contributed by atoms with Gasteiger partial charge >= 0.3 is 5.97 Å². The summed E-state index contributed by atoms with van der Waals surface area (Å²) < 4.78 is 6.61. The van der Waals surface area contributed by atoms with Gasteiger partial charge in [0.05, 0.1) is 17.7 Å². The molecule has 0 aliphatic rings. The Bertz CT molecular complexity index is 1360. The molecule has 4 aromatic rings. The average Bonchev–Trinajstić information content (AvgIpc) is 3.21. The lowest BCUT2D eigenvalue weighted by molar-refractivity contribution is -0.116. The molecule has 0 atom stereocenters. The molecule has 4 rings (SSSR count). The molecule has 6 nitrogen and oxygen atoms in total. The first-order valence-corrected chi connectivity index (χ1v) is 11.0. The smallest absolute Gasteiger partial charge is 0.341 e. The van der Waals surface area contributed by atoms with Crippen LogP contribution in [0.15, 0.2) is 71.5 Å². The molecule has 7 heteroatoms. The van der Waals surface area contributed by atoms with Gasteiger partial charge in [0.2, 0.25) is 5.91 Å². The Hall–Kier alpha value is -3.71. The monoisotopic (exact) mass is 446 g/mol. The number of rotatable bonds is 6. The van der Waals surface area contributed by atoms with Crippen molar-refractivity contribution in [1.82, 2.24) is 4.57 Å². The molecule has 0 saturated carbocycles. The van der Waals surface area contributed by atoms with Crippen molar-refractivity contribution in [3.8, 4) is 10.4 Å². The number of esters is 1. The number of anilines is 1. The minimum atomic E-state index is -0.501. The zero-order chi connectivity index (χ0) is 22.7. The molecule has 0 spiro atoms. The summed E-state index contributed by atoms with van der Waals surface area (Å²) in [6.45, 7) is 3.67. The van der Waals surface area contributed by atoms with Gasteiger partial charge in [-0.25, -0.2) is 4.79 Å². The molecule has 1 N–H and O–H groups in total. The lowest BCUT2D eigenvalue weighted by Crippen LogP contribution is -2.28. The second kappa shape index (κ2) is 9.20. The van der Waals surface area contributed by atoms with Crippen LogP contribution in [0, 0.1) is 6.92 Å². The molecule has 0 bridgehead atoms. The number of aryl methyl sites for hydroxylation is 1. The molecule has 2 aromatic carbocycles. The average molecular weight is 447 g/mol. The Balaban J connectivity index is 1.66. The summed E-state index contributed by atoms with van der Waals surface area (Å²) in [7, 11) is 0. The predicted octanol–water partition coefficient (Wildman–Crippen LogP) is 4.85. The molecular weight excluding hydrogens is 424 g/mol. The zero-order valence-electron chi connectivity index (χ0n) is 17.8. The van der Waals surface area contributed by atoms with Crippen LogP contribution in [0.4, 0.5) is 5.00 Å². The number of aromatic nitrogens is 1. The molecule has 0 saturated heterocycles. The zero-order valence-corrected chi connectivity index (χ0v) is 18.6. The third-order valence-electron chi connectivity index (χ3n) is 5.07. The van der Waals surface area contributed by atoms with Gasteiger partial charge in [-0.15, -0.1) is 11.3 Å². The van der Waals surface area contributed by atoms with E-state index < -0.39 is 11.9 Å². The second-order valence-electron chi connectivity index (χ2n) is 7.26. The number of nitrogens with zero attached hydrogens (tertiary/aromatic N) is 1. The summed E-state index contributed by atoms with van der Waals surface area (Å²) in [4.78, 5) is 38.9. The van der Waals surface area contributed by atoms with Crippen LogP contribution in [-0.4, -0.2) is 23.1 Å². The van der Waals surface area contributed by atoms with E-state index in [1.807, 2.05) is 61.5 Å². The number of pyridine rings is 1. The van der Waals surface area contributed by atoms with Gasteiger partial charge in [0.25, 0.3) is 5.56 Å². The van der Waals surface area contributed by atoms with Crippen LogP contribution in [0.25, 0.3) is 21.3 Å². The summed E-state index contributed by atoms with van der Waals surface area (Å²) in [5.41, 5.74) is 2.53. The van der Waals surface area contributed by atoms with Crippen LogP contribution < -0.4 is 10.9 Å². The van der Waals surface area contributed by atoms with Gasteiger partial charge in [-0.2, -0.15) is 0 Å². The number of hydrogen-bond acceptors (Lipinski definition) is 5. The molecule has 0 unspecified atom stereocenters. The van der Waals surface area contributed by atoms with Crippen molar-refractivity contribution >= 4 is 39.1 Å². The van der Waals surface area contributed by atoms with Gasteiger partial charge in [-0.05, 0) is 37.1 Å². The first kappa shape index (κ1) is 21.5. The number of carbonyl (C=O) groups is 2. The molecule has 2 heterocycles. The fourth-order valence-corrected chi connectivity index (χ4v) is 4.63. The van der Waals surface area contributed by atoms with Gasteiger partial charge in [0.1, 0.15) is 11.5 Å². The quantitative estimate of drug-likeness (QED) is 0.430. The fraction of sp³-hybridized carbons (Fsp3) is 0.160. The lowest BCUT2D eigenvalue weighted by atomic mass is 10.1. The SMILES string of the molecule is CCOC(=O)c1cc(-c2ccccc2)sc1NC(=O)Cn1c(=O)cc(C)c2ccccc21. The fourth-order valence-electron chi connectivity index (χ4n) is 3.56. The summed E-state index contributed by atoms with van der Waals surface area (Å²) in [5.74, 6) is -0.896. The maximum Gasteiger partial charge on any atom is 0.341 e. The van der Waals surface area contributed by atoms with Gasteiger partial charge in [0, 0.05) is 16.3 Å². The van der Waals surface area contributed by atoms with Crippen molar-refractivity contribution in [3.05, 3.63) is 88.2 Å². The van der Waals surface area contributed by atoms with Gasteiger partial charge in [0.15, 0.2) is 0 Å². The van der Waals surface area contributed by atoms with Crippen LogP contribution in [0.2, 0.25) is 0 Å². The molecular formula is C25H22N2O4S. The first-order valence-electron chi connectivity index (χ1n) is 10.2. The van der Waals surface area contributed by atoms with Crippen LogP contribution in [0.1, 0.15) is 22.8 Å². The lowest BCUT2D eigenvalue weighted by Gasteiger charge is -2.12. The highest BCUT2D eigenvalue weighted by atomic mass is 32.1. The molecule has 2 aromatic heterocycles. The number of carbonyl (C=O) groups excluding carboxylic acids is 2.